The predicted octanol–water partition coefficient (Wildman–Crippen LogP) is 3.39. The Morgan fingerprint density at radius 2 is 1.81 bits per heavy atom. The first kappa shape index (κ1) is 20.7. The molecule has 3 N–H and O–H groups in total. The molecular formula is C21H22ClNO4. The maximum absolute atomic E-state index is 12.2. The summed E-state index contributed by atoms with van der Waals surface area (Å²) < 4.78 is 0. The minimum Gasteiger partial charge on any atom is -0.481 e. The summed E-state index contributed by atoms with van der Waals surface area (Å²) >= 11 is 6.21. The van der Waals surface area contributed by atoms with Gasteiger partial charge < -0.3 is 15.5 Å². The van der Waals surface area contributed by atoms with Gasteiger partial charge in [-0.1, -0.05) is 54.9 Å². The second-order valence-electron chi connectivity index (χ2n) is 6.10. The maximum Gasteiger partial charge on any atom is 0.307 e. The van der Waals surface area contributed by atoms with Crippen LogP contribution in [0.4, 0.5) is 0 Å². The van der Waals surface area contributed by atoms with Gasteiger partial charge in [-0.25, -0.2) is 0 Å². The molecule has 0 unspecified atom stereocenters. The van der Waals surface area contributed by atoms with Crippen molar-refractivity contribution in [3.05, 3.63) is 75.8 Å². The van der Waals surface area contributed by atoms with Gasteiger partial charge in [-0.3, -0.25) is 9.59 Å². The first-order chi connectivity index (χ1) is 12.9. The normalized spacial score (nSPS) is 12.1. The Hall–Kier alpha value is -2.63. The lowest BCUT2D eigenvalue weighted by Crippen LogP contribution is -2.29. The fourth-order valence-corrected chi connectivity index (χ4v) is 2.85. The number of nitrogens with one attached hydrogen (secondary N) is 1. The molecule has 0 fully saturated rings. The van der Waals surface area contributed by atoms with E-state index in [2.05, 4.69) is 5.32 Å². The van der Waals surface area contributed by atoms with E-state index in [0.29, 0.717) is 16.1 Å². The number of aliphatic hydroxyl groups is 1. The highest BCUT2D eigenvalue weighted by molar-refractivity contribution is 6.32. The van der Waals surface area contributed by atoms with Crippen molar-refractivity contribution < 1.29 is 19.8 Å². The molecule has 0 bridgehead atoms. The highest BCUT2D eigenvalue weighted by Gasteiger charge is 2.12. The number of carboxylic acids is 1. The van der Waals surface area contributed by atoms with E-state index in [0.717, 1.165) is 17.5 Å². The number of amides is 1. The molecule has 142 valence electrons. The molecule has 2 rings (SSSR count). The van der Waals surface area contributed by atoms with Crippen molar-refractivity contribution in [1.29, 1.82) is 0 Å². The molecule has 5 nitrogen and oxygen atoms in total. The van der Waals surface area contributed by atoms with Crippen molar-refractivity contribution in [2.45, 2.75) is 25.8 Å². The van der Waals surface area contributed by atoms with Gasteiger partial charge in [0.25, 0.3) is 0 Å². The Morgan fingerprint density at radius 1 is 1.15 bits per heavy atom. The molecule has 2 aromatic carbocycles. The summed E-state index contributed by atoms with van der Waals surface area (Å²) in [5.41, 5.74) is 3.20. The van der Waals surface area contributed by atoms with Gasteiger partial charge in [0.15, 0.2) is 0 Å². The van der Waals surface area contributed by atoms with Crippen molar-refractivity contribution in [3.8, 4) is 0 Å². The molecule has 0 radical (unpaired) electrons. The van der Waals surface area contributed by atoms with Gasteiger partial charge in [0.05, 0.1) is 19.1 Å². The Bertz CT molecular complexity index is 831. The van der Waals surface area contributed by atoms with Gasteiger partial charge in [-0.2, -0.15) is 0 Å². The van der Waals surface area contributed by atoms with Crippen LogP contribution in [0.2, 0.25) is 5.02 Å². The third-order valence-corrected chi connectivity index (χ3v) is 4.45. The van der Waals surface area contributed by atoms with Crippen LogP contribution >= 0.6 is 11.6 Å². The van der Waals surface area contributed by atoms with Crippen LogP contribution < -0.4 is 5.32 Å². The minimum absolute atomic E-state index is 0.0727. The zero-order chi connectivity index (χ0) is 19.8. The van der Waals surface area contributed by atoms with Gasteiger partial charge in [0, 0.05) is 11.1 Å². The number of carbonyl (C=O) groups excluding carboxylic acids is 1. The molecule has 1 atom stereocenters. The monoisotopic (exact) mass is 387 g/mol. The summed E-state index contributed by atoms with van der Waals surface area (Å²) in [6.07, 6.45) is 3.81. The summed E-state index contributed by atoms with van der Waals surface area (Å²) in [5, 5.41) is 21.7. The Kier molecular flexibility index (Phi) is 7.58. The highest BCUT2D eigenvalue weighted by Crippen LogP contribution is 2.20. The quantitative estimate of drug-likeness (QED) is 0.606. The maximum atomic E-state index is 12.2. The van der Waals surface area contributed by atoms with Gasteiger partial charge in [0.2, 0.25) is 5.91 Å². The van der Waals surface area contributed by atoms with E-state index in [1.807, 2.05) is 25.1 Å². The number of aliphatic hydroxyl groups excluding tert-OH is 1. The molecule has 0 spiro atoms. The number of hydrogen-bond acceptors (Lipinski definition) is 3. The number of rotatable bonds is 8. The molecule has 0 aliphatic heterocycles. The van der Waals surface area contributed by atoms with E-state index in [1.165, 1.54) is 6.08 Å². The summed E-state index contributed by atoms with van der Waals surface area (Å²) in [5.74, 6) is -1.27. The van der Waals surface area contributed by atoms with Crippen LogP contribution in [0.5, 0.6) is 0 Å². The summed E-state index contributed by atoms with van der Waals surface area (Å²) in [7, 11) is 0. The number of benzene rings is 2. The zero-order valence-corrected chi connectivity index (χ0v) is 15.7. The Morgan fingerprint density at radius 3 is 2.37 bits per heavy atom. The first-order valence-electron chi connectivity index (χ1n) is 8.61. The fraction of sp³-hybridized carbons (Fsp3) is 0.238. The van der Waals surface area contributed by atoms with E-state index in [-0.39, 0.29) is 18.9 Å². The lowest BCUT2D eigenvalue weighted by Gasteiger charge is -2.16. The second kappa shape index (κ2) is 9.90. The predicted molar refractivity (Wildman–Crippen MR) is 106 cm³/mol. The third kappa shape index (κ3) is 6.24. The number of aryl methyl sites for hydroxylation is 1. The second-order valence-corrected chi connectivity index (χ2v) is 6.51. The lowest BCUT2D eigenvalue weighted by molar-refractivity contribution is -0.136. The molecule has 2 aromatic rings. The van der Waals surface area contributed by atoms with E-state index in [4.69, 9.17) is 16.7 Å². The van der Waals surface area contributed by atoms with Gasteiger partial charge in [0.1, 0.15) is 0 Å². The van der Waals surface area contributed by atoms with Crippen LogP contribution in [0, 0.1) is 0 Å². The van der Waals surface area contributed by atoms with Crippen LogP contribution in [0.3, 0.4) is 0 Å². The van der Waals surface area contributed by atoms with Crippen molar-refractivity contribution in [2.24, 2.45) is 0 Å². The average molecular weight is 388 g/mol. The van der Waals surface area contributed by atoms with E-state index in [9.17, 15) is 14.7 Å². The van der Waals surface area contributed by atoms with Crippen LogP contribution in [-0.4, -0.2) is 28.7 Å². The van der Waals surface area contributed by atoms with Crippen LogP contribution in [0.1, 0.15) is 35.2 Å². The number of hydrogen-bond donors (Lipinski definition) is 3. The largest absolute Gasteiger partial charge is 0.481 e. The minimum atomic E-state index is -0.912. The smallest absolute Gasteiger partial charge is 0.307 e. The van der Waals surface area contributed by atoms with Crippen molar-refractivity contribution in [3.63, 3.8) is 0 Å². The Balaban J connectivity index is 2.03. The molecule has 6 heteroatoms. The summed E-state index contributed by atoms with van der Waals surface area (Å²) in [4.78, 5) is 22.9. The van der Waals surface area contributed by atoms with Gasteiger partial charge >= 0.3 is 5.97 Å². The topological polar surface area (TPSA) is 86.6 Å². The molecule has 0 saturated heterocycles. The third-order valence-electron chi connectivity index (χ3n) is 4.12. The van der Waals surface area contributed by atoms with Crippen molar-refractivity contribution in [2.75, 3.05) is 6.61 Å². The molecule has 0 aromatic heterocycles. The molecule has 1 amide bonds. The first-order valence-corrected chi connectivity index (χ1v) is 8.99. The van der Waals surface area contributed by atoms with E-state index in [1.54, 1.807) is 30.3 Å². The SMILES string of the molecule is CCc1ccc(C=CC(=O)N[C@H](CO)c2ccc(CC(=O)O)cc2)c(Cl)c1. The van der Waals surface area contributed by atoms with Gasteiger partial charge in [-0.05, 0) is 40.8 Å². The average Bonchev–Trinajstić information content (AvgIpc) is 2.65. The number of carbonyl (C=O) groups is 2. The lowest BCUT2D eigenvalue weighted by atomic mass is 10.0. The molecule has 0 aliphatic carbocycles. The molecule has 0 heterocycles. The highest BCUT2D eigenvalue weighted by atomic mass is 35.5. The number of halogens is 1. The Labute approximate surface area is 163 Å². The molecular weight excluding hydrogens is 366 g/mol. The van der Waals surface area contributed by atoms with Crippen molar-refractivity contribution >= 4 is 29.6 Å². The summed E-state index contributed by atoms with van der Waals surface area (Å²) in [6, 6.07) is 11.8. The number of carboxylic acid groups (broad SMARTS) is 1. The molecule has 27 heavy (non-hydrogen) atoms. The molecule has 0 saturated carbocycles. The zero-order valence-electron chi connectivity index (χ0n) is 15.0. The molecule has 0 aliphatic rings. The van der Waals surface area contributed by atoms with Crippen molar-refractivity contribution in [1.82, 2.24) is 5.32 Å². The number of aliphatic carboxylic acids is 1. The standard InChI is InChI=1S/C21H22ClNO4/c1-2-14-3-6-16(18(22)11-14)9-10-20(25)23-19(13-24)17-7-4-15(5-8-17)12-21(26)27/h3-11,19,24H,2,12-13H2,1H3,(H,23,25)(H,26,27)/t19-/m1/s1. The van der Waals surface area contributed by atoms with Crippen LogP contribution in [0.25, 0.3) is 6.08 Å². The fourth-order valence-electron chi connectivity index (χ4n) is 2.59. The van der Waals surface area contributed by atoms with Gasteiger partial charge in [-0.15, -0.1) is 0 Å². The van der Waals surface area contributed by atoms with Crippen LogP contribution in [-0.2, 0) is 22.4 Å². The van der Waals surface area contributed by atoms with E-state index < -0.39 is 12.0 Å². The van der Waals surface area contributed by atoms with E-state index >= 15 is 0 Å². The van der Waals surface area contributed by atoms with Crippen LogP contribution in [0.15, 0.2) is 48.5 Å². The summed E-state index contributed by atoms with van der Waals surface area (Å²) in [6.45, 7) is 1.77.